The van der Waals surface area contributed by atoms with Gasteiger partial charge in [0.15, 0.2) is 0 Å². The van der Waals surface area contributed by atoms with Crippen LogP contribution in [0, 0.1) is 5.41 Å². The van der Waals surface area contributed by atoms with Crippen LogP contribution in [0.5, 0.6) is 0 Å². The Balaban J connectivity index is 1.47. The Morgan fingerprint density at radius 1 is 1.26 bits per heavy atom. The van der Waals surface area contributed by atoms with Gasteiger partial charge in [0.1, 0.15) is 5.69 Å². The van der Waals surface area contributed by atoms with Gasteiger partial charge in [0.05, 0.1) is 4.34 Å². The Labute approximate surface area is 144 Å². The van der Waals surface area contributed by atoms with Gasteiger partial charge in [-0.2, -0.15) is 0 Å². The van der Waals surface area contributed by atoms with Gasteiger partial charge in [-0.25, -0.2) is 0 Å². The van der Waals surface area contributed by atoms with E-state index in [9.17, 15) is 4.79 Å². The summed E-state index contributed by atoms with van der Waals surface area (Å²) < 4.78 is 0.757. The molecule has 0 N–H and O–H groups in total. The number of aromatic nitrogens is 1. The minimum absolute atomic E-state index is 0.0483. The lowest BCUT2D eigenvalue weighted by molar-refractivity contribution is 0.0293. The number of carbonyl (C=O) groups is 1. The van der Waals surface area contributed by atoms with Crippen LogP contribution in [-0.2, 0) is 0 Å². The van der Waals surface area contributed by atoms with Gasteiger partial charge in [-0.05, 0) is 37.7 Å². The number of carbonyl (C=O) groups excluding carboxylic acids is 1. The third-order valence-electron chi connectivity index (χ3n) is 4.78. The molecule has 2 aliphatic rings. The summed E-state index contributed by atoms with van der Waals surface area (Å²) in [6, 6.07) is 7.62. The van der Waals surface area contributed by atoms with Crippen molar-refractivity contribution in [2.75, 3.05) is 33.2 Å². The fourth-order valence-corrected chi connectivity index (χ4v) is 4.80. The van der Waals surface area contributed by atoms with E-state index in [-0.39, 0.29) is 5.91 Å². The van der Waals surface area contributed by atoms with Crippen LogP contribution in [0.4, 0.5) is 0 Å². The molecule has 4 nitrogen and oxygen atoms in total. The summed E-state index contributed by atoms with van der Waals surface area (Å²) in [4.78, 5) is 22.4. The van der Waals surface area contributed by atoms with Crippen LogP contribution in [-0.4, -0.2) is 53.9 Å². The van der Waals surface area contributed by atoms with Crippen molar-refractivity contribution in [3.8, 4) is 10.4 Å². The summed E-state index contributed by atoms with van der Waals surface area (Å²) in [5.41, 5.74) is 1.86. The molecule has 0 aliphatic carbocycles. The molecule has 2 aliphatic heterocycles. The number of rotatable bonds is 2. The van der Waals surface area contributed by atoms with Gasteiger partial charge >= 0.3 is 0 Å². The maximum absolute atomic E-state index is 12.6. The number of hydrogen-bond acceptors (Lipinski definition) is 4. The fraction of sp³-hybridized carbons (Fsp3) is 0.412. The second-order valence-electron chi connectivity index (χ2n) is 6.68. The molecule has 1 amide bonds. The molecule has 2 aromatic heterocycles. The third kappa shape index (κ3) is 2.77. The van der Waals surface area contributed by atoms with E-state index in [2.05, 4.69) is 16.9 Å². The minimum Gasteiger partial charge on any atom is -0.337 e. The van der Waals surface area contributed by atoms with E-state index >= 15 is 0 Å². The van der Waals surface area contributed by atoms with E-state index in [1.165, 1.54) is 11.3 Å². The molecule has 0 bridgehead atoms. The molecule has 1 spiro atoms. The van der Waals surface area contributed by atoms with Crippen LogP contribution in [0.3, 0.4) is 0 Å². The Bertz CT molecular complexity index is 737. The van der Waals surface area contributed by atoms with E-state index in [1.807, 2.05) is 29.2 Å². The molecule has 0 radical (unpaired) electrons. The molecule has 4 rings (SSSR count). The summed E-state index contributed by atoms with van der Waals surface area (Å²) in [5.74, 6) is 0.0483. The lowest BCUT2D eigenvalue weighted by Gasteiger charge is -2.46. The molecule has 2 saturated heterocycles. The highest BCUT2D eigenvalue weighted by atomic mass is 35.5. The zero-order valence-electron chi connectivity index (χ0n) is 13.0. The lowest BCUT2D eigenvalue weighted by Crippen LogP contribution is -2.55. The first-order valence-corrected chi connectivity index (χ1v) is 8.94. The minimum atomic E-state index is 0.0483. The van der Waals surface area contributed by atoms with Crippen LogP contribution >= 0.6 is 22.9 Å². The van der Waals surface area contributed by atoms with E-state index in [0.717, 1.165) is 47.4 Å². The van der Waals surface area contributed by atoms with Crippen molar-refractivity contribution in [2.24, 2.45) is 5.41 Å². The molecule has 0 aromatic carbocycles. The first-order valence-electron chi connectivity index (χ1n) is 7.74. The van der Waals surface area contributed by atoms with Crippen molar-refractivity contribution >= 4 is 28.8 Å². The van der Waals surface area contributed by atoms with Gasteiger partial charge in [0.25, 0.3) is 5.91 Å². The zero-order valence-corrected chi connectivity index (χ0v) is 14.5. The molecule has 120 valence electrons. The second kappa shape index (κ2) is 5.58. The number of amides is 1. The maximum atomic E-state index is 12.6. The average molecular weight is 348 g/mol. The van der Waals surface area contributed by atoms with Crippen LogP contribution in [0.15, 0.2) is 30.5 Å². The van der Waals surface area contributed by atoms with Crippen LogP contribution in [0.25, 0.3) is 10.4 Å². The van der Waals surface area contributed by atoms with E-state index in [0.29, 0.717) is 11.1 Å². The molecule has 23 heavy (non-hydrogen) atoms. The van der Waals surface area contributed by atoms with Crippen molar-refractivity contribution in [1.29, 1.82) is 0 Å². The SMILES string of the molecule is CN1CC2(CCN(C(=O)c3ccc(-c4ccc(Cl)s4)cn3)C2)C1. The molecule has 0 saturated carbocycles. The standard InChI is InChI=1S/C17H18ClN3OS/c1-20-9-17(10-20)6-7-21(11-17)16(22)13-3-2-12(8-19-13)14-4-5-15(18)23-14/h2-5,8H,6-7,9-11H2,1H3. The van der Waals surface area contributed by atoms with Gasteiger partial charge in [-0.1, -0.05) is 11.6 Å². The smallest absolute Gasteiger partial charge is 0.272 e. The summed E-state index contributed by atoms with van der Waals surface area (Å²) >= 11 is 7.48. The van der Waals surface area contributed by atoms with Gasteiger partial charge in [0, 0.05) is 48.2 Å². The normalized spacial score (nSPS) is 20.0. The van der Waals surface area contributed by atoms with Gasteiger partial charge < -0.3 is 9.80 Å². The predicted molar refractivity (Wildman–Crippen MR) is 93.0 cm³/mol. The van der Waals surface area contributed by atoms with Gasteiger partial charge in [0.2, 0.25) is 0 Å². The first-order chi connectivity index (χ1) is 11.0. The number of nitrogens with zero attached hydrogens (tertiary/aromatic N) is 3. The summed E-state index contributed by atoms with van der Waals surface area (Å²) in [6.45, 7) is 3.90. The van der Waals surface area contributed by atoms with Crippen molar-refractivity contribution in [1.82, 2.24) is 14.8 Å². The highest BCUT2D eigenvalue weighted by Crippen LogP contribution is 2.39. The second-order valence-corrected chi connectivity index (χ2v) is 8.40. The largest absolute Gasteiger partial charge is 0.337 e. The molecule has 2 aromatic rings. The van der Waals surface area contributed by atoms with Crippen LogP contribution in [0.1, 0.15) is 16.9 Å². The Morgan fingerprint density at radius 2 is 2.09 bits per heavy atom. The molecule has 4 heterocycles. The highest BCUT2D eigenvalue weighted by molar-refractivity contribution is 7.19. The number of thiophene rings is 1. The maximum Gasteiger partial charge on any atom is 0.272 e. The summed E-state index contributed by atoms with van der Waals surface area (Å²) in [7, 11) is 2.13. The quantitative estimate of drug-likeness (QED) is 0.836. The van der Waals surface area contributed by atoms with Crippen LogP contribution in [0.2, 0.25) is 4.34 Å². The van der Waals surface area contributed by atoms with Crippen LogP contribution < -0.4 is 0 Å². The van der Waals surface area contributed by atoms with E-state index in [4.69, 9.17) is 11.6 Å². The highest BCUT2D eigenvalue weighted by Gasteiger charge is 2.47. The van der Waals surface area contributed by atoms with Crippen molar-refractivity contribution in [3.05, 3.63) is 40.5 Å². The van der Waals surface area contributed by atoms with Gasteiger partial charge in [-0.3, -0.25) is 9.78 Å². The van der Waals surface area contributed by atoms with Crippen molar-refractivity contribution in [3.63, 3.8) is 0 Å². The van der Waals surface area contributed by atoms with E-state index in [1.54, 1.807) is 6.20 Å². The molecule has 2 fully saturated rings. The summed E-state index contributed by atoms with van der Waals surface area (Å²) in [5, 5.41) is 0. The molecule has 0 unspecified atom stereocenters. The van der Waals surface area contributed by atoms with E-state index < -0.39 is 0 Å². The van der Waals surface area contributed by atoms with Crippen molar-refractivity contribution in [2.45, 2.75) is 6.42 Å². The Kier molecular flexibility index (Phi) is 3.67. The average Bonchev–Trinajstić information content (AvgIpc) is 3.14. The first kappa shape index (κ1) is 15.1. The number of hydrogen-bond donors (Lipinski definition) is 0. The topological polar surface area (TPSA) is 36.4 Å². The Morgan fingerprint density at radius 3 is 2.70 bits per heavy atom. The fourth-order valence-electron chi connectivity index (χ4n) is 3.76. The third-order valence-corrected chi connectivity index (χ3v) is 6.06. The molecule has 6 heteroatoms. The predicted octanol–water partition coefficient (Wildman–Crippen LogP) is 3.24. The monoisotopic (exact) mass is 347 g/mol. The molecule has 0 atom stereocenters. The Hall–Kier alpha value is -1.43. The number of halogens is 1. The zero-order chi connectivity index (χ0) is 16.0. The van der Waals surface area contributed by atoms with Crippen molar-refractivity contribution < 1.29 is 4.79 Å². The van der Waals surface area contributed by atoms with Gasteiger partial charge in [-0.15, -0.1) is 11.3 Å². The number of pyridine rings is 1. The summed E-state index contributed by atoms with van der Waals surface area (Å²) in [6.07, 6.45) is 2.87. The number of likely N-dealkylation sites (tertiary alicyclic amines) is 2. The molecular formula is C17H18ClN3OS. The lowest BCUT2D eigenvalue weighted by atomic mass is 9.79. The molecular weight excluding hydrogens is 330 g/mol.